The van der Waals surface area contributed by atoms with E-state index in [1.807, 2.05) is 0 Å². The van der Waals surface area contributed by atoms with Crippen molar-refractivity contribution in [2.24, 2.45) is 11.5 Å². The first kappa shape index (κ1) is 16.3. The Morgan fingerprint density at radius 3 is 2.25 bits per heavy atom. The first-order valence-corrected chi connectivity index (χ1v) is 6.38. The van der Waals surface area contributed by atoms with Gasteiger partial charge in [0, 0.05) is 16.5 Å². The molecule has 20 heavy (non-hydrogen) atoms. The normalized spacial score (nSPS) is 10.3. The van der Waals surface area contributed by atoms with E-state index in [4.69, 9.17) is 34.7 Å². The number of amides is 3. The van der Waals surface area contributed by atoms with Crippen molar-refractivity contribution in [1.29, 1.82) is 0 Å². The molecule has 0 heterocycles. The van der Waals surface area contributed by atoms with Crippen molar-refractivity contribution >= 4 is 40.9 Å². The van der Waals surface area contributed by atoms with E-state index < -0.39 is 23.8 Å². The second-order valence-electron chi connectivity index (χ2n) is 4.04. The van der Waals surface area contributed by atoms with Gasteiger partial charge < -0.3 is 16.8 Å². The lowest BCUT2D eigenvalue weighted by Crippen LogP contribution is -2.52. The quantitative estimate of drug-likeness (QED) is 0.659. The van der Waals surface area contributed by atoms with E-state index >= 15 is 0 Å². The fourth-order valence-corrected chi connectivity index (χ4v) is 1.99. The van der Waals surface area contributed by atoms with Crippen molar-refractivity contribution in [3.63, 3.8) is 0 Å². The van der Waals surface area contributed by atoms with E-state index in [1.165, 1.54) is 0 Å². The maximum absolute atomic E-state index is 11.6. The van der Waals surface area contributed by atoms with Crippen molar-refractivity contribution in [2.75, 3.05) is 0 Å². The van der Waals surface area contributed by atoms with E-state index in [9.17, 15) is 14.4 Å². The summed E-state index contributed by atoms with van der Waals surface area (Å²) in [6.07, 6.45) is 0.352. The van der Waals surface area contributed by atoms with Crippen molar-refractivity contribution in [1.82, 2.24) is 5.32 Å². The Kier molecular flexibility index (Phi) is 5.79. The van der Waals surface area contributed by atoms with Crippen LogP contribution in [0.5, 0.6) is 0 Å². The Balaban J connectivity index is 2.59. The van der Waals surface area contributed by atoms with E-state index in [0.717, 1.165) is 5.56 Å². The van der Waals surface area contributed by atoms with Crippen molar-refractivity contribution in [3.8, 4) is 0 Å². The molecule has 0 bridgehead atoms. The van der Waals surface area contributed by atoms with Gasteiger partial charge in [0.15, 0.2) is 6.04 Å². The van der Waals surface area contributed by atoms with Crippen LogP contribution in [0.1, 0.15) is 12.0 Å². The Hall–Kier alpha value is -1.79. The summed E-state index contributed by atoms with van der Waals surface area (Å²) in [7, 11) is 0. The molecule has 0 aliphatic rings. The number of carbonyl (C=O) groups is 3. The predicted octanol–water partition coefficient (Wildman–Crippen LogP) is 0.381. The minimum absolute atomic E-state index is 0.0262. The van der Waals surface area contributed by atoms with Crippen LogP contribution in [0.15, 0.2) is 18.2 Å². The number of aryl methyl sites for hydroxylation is 1. The first-order chi connectivity index (χ1) is 9.31. The number of hydrogen-bond donors (Lipinski definition) is 3. The number of carbonyl (C=O) groups excluding carboxylic acids is 3. The molecule has 3 amide bonds. The smallest absolute Gasteiger partial charge is 0.249 e. The van der Waals surface area contributed by atoms with Crippen LogP contribution in [0.4, 0.5) is 0 Å². The minimum Gasteiger partial charge on any atom is -0.367 e. The zero-order chi connectivity index (χ0) is 15.3. The number of primary amides is 2. The van der Waals surface area contributed by atoms with Gasteiger partial charge in [-0.3, -0.25) is 14.4 Å². The molecule has 8 heteroatoms. The molecule has 0 aromatic heterocycles. The molecular formula is C12H13Cl2N3O3. The Morgan fingerprint density at radius 2 is 1.75 bits per heavy atom. The molecule has 0 saturated carbocycles. The molecule has 5 N–H and O–H groups in total. The third-order valence-corrected chi connectivity index (χ3v) is 3.10. The standard InChI is InChI=1S/C12H13Cl2N3O3/c13-7-3-1-6(8(14)5-7)2-4-9(18)17-10(11(15)19)12(16)20/h1,3,5,10H,2,4H2,(H2,15,19)(H2,16,20)(H,17,18). The average molecular weight is 318 g/mol. The summed E-state index contributed by atoms with van der Waals surface area (Å²) < 4.78 is 0. The maximum Gasteiger partial charge on any atom is 0.249 e. The molecule has 0 spiro atoms. The molecular weight excluding hydrogens is 305 g/mol. The molecule has 0 atom stereocenters. The summed E-state index contributed by atoms with van der Waals surface area (Å²) in [4.78, 5) is 33.4. The summed E-state index contributed by atoms with van der Waals surface area (Å²) in [5.74, 6) is -2.54. The van der Waals surface area contributed by atoms with Crippen molar-refractivity contribution in [2.45, 2.75) is 18.9 Å². The lowest BCUT2D eigenvalue weighted by Gasteiger charge is -2.12. The highest BCUT2D eigenvalue weighted by atomic mass is 35.5. The summed E-state index contributed by atoms with van der Waals surface area (Å²) in [6.45, 7) is 0. The van der Waals surface area contributed by atoms with Crippen LogP contribution < -0.4 is 16.8 Å². The van der Waals surface area contributed by atoms with Gasteiger partial charge in [0.1, 0.15) is 0 Å². The van der Waals surface area contributed by atoms with Gasteiger partial charge in [0.05, 0.1) is 0 Å². The number of nitrogens with one attached hydrogen (secondary N) is 1. The number of halogens is 2. The second kappa shape index (κ2) is 7.12. The van der Waals surface area contributed by atoms with Crippen LogP contribution in [-0.2, 0) is 20.8 Å². The average Bonchev–Trinajstić information content (AvgIpc) is 2.34. The van der Waals surface area contributed by atoms with Gasteiger partial charge >= 0.3 is 0 Å². The molecule has 0 unspecified atom stereocenters. The van der Waals surface area contributed by atoms with E-state index in [1.54, 1.807) is 18.2 Å². The molecule has 0 radical (unpaired) electrons. The second-order valence-corrected chi connectivity index (χ2v) is 4.88. The van der Waals surface area contributed by atoms with Gasteiger partial charge in [-0.2, -0.15) is 0 Å². The summed E-state index contributed by atoms with van der Waals surface area (Å²) in [6, 6.07) is 3.39. The lowest BCUT2D eigenvalue weighted by molar-refractivity contribution is -0.133. The highest BCUT2D eigenvalue weighted by Crippen LogP contribution is 2.21. The minimum atomic E-state index is -1.51. The topological polar surface area (TPSA) is 115 Å². The maximum atomic E-state index is 11.6. The van der Waals surface area contributed by atoms with Crippen LogP contribution in [-0.4, -0.2) is 23.8 Å². The van der Waals surface area contributed by atoms with E-state index in [-0.39, 0.29) is 6.42 Å². The molecule has 0 fully saturated rings. The molecule has 0 aliphatic carbocycles. The highest BCUT2D eigenvalue weighted by molar-refractivity contribution is 6.35. The van der Waals surface area contributed by atoms with Crippen LogP contribution in [0, 0.1) is 0 Å². The predicted molar refractivity (Wildman–Crippen MR) is 75.1 cm³/mol. The molecule has 108 valence electrons. The van der Waals surface area contributed by atoms with E-state index in [0.29, 0.717) is 16.5 Å². The number of benzene rings is 1. The molecule has 0 aliphatic heterocycles. The fourth-order valence-electron chi connectivity index (χ4n) is 1.49. The third-order valence-electron chi connectivity index (χ3n) is 2.51. The van der Waals surface area contributed by atoms with Crippen molar-refractivity contribution < 1.29 is 14.4 Å². The third kappa shape index (κ3) is 4.71. The van der Waals surface area contributed by atoms with E-state index in [2.05, 4.69) is 5.32 Å². The van der Waals surface area contributed by atoms with Gasteiger partial charge in [0.2, 0.25) is 17.7 Å². The summed E-state index contributed by atoms with van der Waals surface area (Å²) in [5, 5.41) is 3.09. The SMILES string of the molecule is NC(=O)C(NC(=O)CCc1ccc(Cl)cc1Cl)C(N)=O. The number of hydrogen-bond acceptors (Lipinski definition) is 3. The van der Waals surface area contributed by atoms with Crippen LogP contribution >= 0.6 is 23.2 Å². The Labute approximate surface area is 125 Å². The van der Waals surface area contributed by atoms with Crippen molar-refractivity contribution in [3.05, 3.63) is 33.8 Å². The molecule has 1 rings (SSSR count). The van der Waals surface area contributed by atoms with Crippen LogP contribution in [0.2, 0.25) is 10.0 Å². The van der Waals surface area contributed by atoms with Gasteiger partial charge in [0.25, 0.3) is 0 Å². The largest absolute Gasteiger partial charge is 0.367 e. The van der Waals surface area contributed by atoms with Crippen LogP contribution in [0.3, 0.4) is 0 Å². The van der Waals surface area contributed by atoms with Gasteiger partial charge in [-0.1, -0.05) is 29.3 Å². The molecule has 0 saturated heterocycles. The van der Waals surface area contributed by atoms with Gasteiger partial charge in [-0.15, -0.1) is 0 Å². The first-order valence-electron chi connectivity index (χ1n) is 5.63. The summed E-state index contributed by atoms with van der Waals surface area (Å²) in [5.41, 5.74) is 10.6. The number of rotatable bonds is 6. The lowest BCUT2D eigenvalue weighted by atomic mass is 10.1. The zero-order valence-corrected chi connectivity index (χ0v) is 11.9. The monoisotopic (exact) mass is 317 g/mol. The Morgan fingerprint density at radius 1 is 1.15 bits per heavy atom. The number of nitrogens with two attached hydrogens (primary N) is 2. The van der Waals surface area contributed by atoms with Gasteiger partial charge in [-0.25, -0.2) is 0 Å². The summed E-state index contributed by atoms with van der Waals surface area (Å²) >= 11 is 11.7. The zero-order valence-electron chi connectivity index (χ0n) is 10.4. The van der Waals surface area contributed by atoms with Gasteiger partial charge in [-0.05, 0) is 24.1 Å². The highest BCUT2D eigenvalue weighted by Gasteiger charge is 2.23. The van der Waals surface area contributed by atoms with Crippen LogP contribution in [0.25, 0.3) is 0 Å². The Bertz CT molecular complexity index is 535. The fraction of sp³-hybridized carbons (Fsp3) is 0.250. The molecule has 1 aromatic rings. The molecule has 6 nitrogen and oxygen atoms in total. The molecule has 1 aromatic carbocycles.